The van der Waals surface area contributed by atoms with Gasteiger partial charge in [0.2, 0.25) is 0 Å². The number of fused-ring (bicyclic) bond motifs is 1. The Balaban J connectivity index is 1.60. The quantitative estimate of drug-likeness (QED) is 0.503. The van der Waals surface area contributed by atoms with Gasteiger partial charge in [0.25, 0.3) is 0 Å². The number of H-pyrrole nitrogens is 1. The molecule has 0 saturated heterocycles. The van der Waals surface area contributed by atoms with E-state index in [1.165, 1.54) is 12.1 Å². The molecule has 0 fully saturated rings. The smallest absolute Gasteiger partial charge is 0.161 e. The molecular weight excluding hydrogens is 343 g/mol. The highest BCUT2D eigenvalue weighted by atomic mass is 19.1. The summed E-state index contributed by atoms with van der Waals surface area (Å²) in [5, 5.41) is 0. The van der Waals surface area contributed by atoms with E-state index in [9.17, 15) is 4.39 Å². The number of benzene rings is 3. The zero-order valence-electron chi connectivity index (χ0n) is 14.9. The Bertz CT molecular complexity index is 1020. The predicted molar refractivity (Wildman–Crippen MR) is 103 cm³/mol. The van der Waals surface area contributed by atoms with Crippen LogP contribution < -0.4 is 9.47 Å². The summed E-state index contributed by atoms with van der Waals surface area (Å²) in [6.45, 7) is 2.79. The van der Waals surface area contributed by atoms with Gasteiger partial charge in [-0.15, -0.1) is 0 Å². The number of imidazole rings is 1. The number of para-hydroxylation sites is 2. The van der Waals surface area contributed by atoms with Crippen LogP contribution in [0.25, 0.3) is 22.4 Å². The molecule has 4 aromatic rings. The minimum absolute atomic E-state index is 0.260. The van der Waals surface area contributed by atoms with Gasteiger partial charge >= 0.3 is 0 Å². The highest BCUT2D eigenvalue weighted by Gasteiger charge is 2.11. The Morgan fingerprint density at radius 1 is 0.926 bits per heavy atom. The maximum Gasteiger partial charge on any atom is 0.161 e. The summed E-state index contributed by atoms with van der Waals surface area (Å²) in [7, 11) is 0. The van der Waals surface area contributed by atoms with Crippen molar-refractivity contribution in [1.29, 1.82) is 0 Å². The first-order chi connectivity index (χ1) is 13.2. The van der Waals surface area contributed by atoms with Crippen LogP contribution >= 0.6 is 0 Å². The summed E-state index contributed by atoms with van der Waals surface area (Å²) in [5.41, 5.74) is 3.72. The van der Waals surface area contributed by atoms with E-state index >= 15 is 0 Å². The normalized spacial score (nSPS) is 10.9. The van der Waals surface area contributed by atoms with Crippen molar-refractivity contribution in [1.82, 2.24) is 9.97 Å². The lowest BCUT2D eigenvalue weighted by atomic mass is 10.2. The molecule has 0 spiro atoms. The molecule has 27 heavy (non-hydrogen) atoms. The van der Waals surface area contributed by atoms with Crippen molar-refractivity contribution in [3.05, 3.63) is 78.1 Å². The van der Waals surface area contributed by atoms with Crippen LogP contribution in [0.1, 0.15) is 12.5 Å². The summed E-state index contributed by atoms with van der Waals surface area (Å²) in [5.74, 6) is 1.81. The molecule has 4 rings (SSSR count). The largest absolute Gasteiger partial charge is 0.490 e. The standard InChI is InChI=1S/C22H19FN2O2/c1-2-26-21-13-16(22-24-18-5-3-4-6-19(18)25-22)9-12-20(21)27-14-15-7-10-17(23)11-8-15/h3-13H,2,14H2,1H3,(H,24,25). The van der Waals surface area contributed by atoms with Crippen LogP contribution in [-0.2, 0) is 6.61 Å². The Kier molecular flexibility index (Phi) is 4.75. The van der Waals surface area contributed by atoms with Gasteiger partial charge in [-0.1, -0.05) is 24.3 Å². The summed E-state index contributed by atoms with van der Waals surface area (Å²) in [6, 6.07) is 19.9. The van der Waals surface area contributed by atoms with Gasteiger partial charge in [-0.05, 0) is 55.0 Å². The Morgan fingerprint density at radius 3 is 2.52 bits per heavy atom. The molecule has 0 bridgehead atoms. The predicted octanol–water partition coefficient (Wildman–Crippen LogP) is 5.35. The molecular formula is C22H19FN2O2. The zero-order valence-corrected chi connectivity index (χ0v) is 14.9. The fourth-order valence-electron chi connectivity index (χ4n) is 2.87. The summed E-state index contributed by atoms with van der Waals surface area (Å²) < 4.78 is 24.7. The fraction of sp³-hybridized carbons (Fsp3) is 0.136. The van der Waals surface area contributed by atoms with Crippen LogP contribution in [0, 0.1) is 5.82 Å². The summed E-state index contributed by atoms with van der Waals surface area (Å²) in [4.78, 5) is 7.95. The van der Waals surface area contributed by atoms with Crippen molar-refractivity contribution in [2.24, 2.45) is 0 Å². The van der Waals surface area contributed by atoms with Crippen LogP contribution in [-0.4, -0.2) is 16.6 Å². The molecule has 0 unspecified atom stereocenters. The molecule has 1 heterocycles. The topological polar surface area (TPSA) is 47.1 Å². The van der Waals surface area contributed by atoms with Crippen molar-refractivity contribution in [3.8, 4) is 22.9 Å². The molecule has 0 radical (unpaired) electrons. The lowest BCUT2D eigenvalue weighted by Gasteiger charge is -2.13. The molecule has 136 valence electrons. The van der Waals surface area contributed by atoms with Crippen LogP contribution in [0.15, 0.2) is 66.7 Å². The molecule has 1 aromatic heterocycles. The lowest BCUT2D eigenvalue weighted by Crippen LogP contribution is -2.00. The second-order valence-electron chi connectivity index (χ2n) is 6.11. The van der Waals surface area contributed by atoms with Crippen LogP contribution in [0.5, 0.6) is 11.5 Å². The second-order valence-corrected chi connectivity index (χ2v) is 6.11. The van der Waals surface area contributed by atoms with Gasteiger partial charge < -0.3 is 14.5 Å². The Morgan fingerprint density at radius 2 is 1.74 bits per heavy atom. The minimum atomic E-state index is -0.260. The van der Waals surface area contributed by atoms with E-state index < -0.39 is 0 Å². The molecule has 0 amide bonds. The van der Waals surface area contributed by atoms with E-state index in [0.29, 0.717) is 24.7 Å². The second kappa shape index (κ2) is 7.50. The molecule has 1 N–H and O–H groups in total. The number of halogens is 1. The SMILES string of the molecule is CCOc1cc(-c2nc3ccccc3[nH]2)ccc1OCc1ccc(F)cc1. The van der Waals surface area contributed by atoms with Gasteiger partial charge in [-0.2, -0.15) is 0 Å². The van der Waals surface area contributed by atoms with Crippen LogP contribution in [0.4, 0.5) is 4.39 Å². The molecule has 0 aliphatic carbocycles. The first-order valence-electron chi connectivity index (χ1n) is 8.82. The first-order valence-corrected chi connectivity index (χ1v) is 8.82. The van der Waals surface area contributed by atoms with Gasteiger partial charge in [0, 0.05) is 5.56 Å². The molecule has 0 aliphatic heterocycles. The van der Waals surface area contributed by atoms with E-state index in [-0.39, 0.29) is 5.82 Å². The number of aromatic nitrogens is 2. The van der Waals surface area contributed by atoms with Crippen molar-refractivity contribution < 1.29 is 13.9 Å². The number of ether oxygens (including phenoxy) is 2. The Labute approximate surface area is 156 Å². The highest BCUT2D eigenvalue weighted by Crippen LogP contribution is 2.33. The molecule has 0 atom stereocenters. The number of hydrogen-bond donors (Lipinski definition) is 1. The van der Waals surface area contributed by atoms with Gasteiger partial charge in [-0.3, -0.25) is 0 Å². The monoisotopic (exact) mass is 362 g/mol. The first kappa shape index (κ1) is 17.1. The third-order valence-electron chi connectivity index (χ3n) is 4.21. The third-order valence-corrected chi connectivity index (χ3v) is 4.21. The molecule has 0 aliphatic rings. The van der Waals surface area contributed by atoms with E-state index in [2.05, 4.69) is 9.97 Å². The number of aromatic amines is 1. The molecule has 0 saturated carbocycles. The maximum atomic E-state index is 13.0. The van der Waals surface area contributed by atoms with Gasteiger partial charge in [-0.25, -0.2) is 9.37 Å². The fourth-order valence-corrected chi connectivity index (χ4v) is 2.87. The number of hydrogen-bond acceptors (Lipinski definition) is 3. The van der Waals surface area contributed by atoms with E-state index in [0.717, 1.165) is 28.0 Å². The maximum absolute atomic E-state index is 13.0. The van der Waals surface area contributed by atoms with Gasteiger partial charge in [0.1, 0.15) is 18.2 Å². The number of nitrogens with one attached hydrogen (secondary N) is 1. The van der Waals surface area contributed by atoms with Gasteiger partial charge in [0.15, 0.2) is 11.5 Å². The Hall–Kier alpha value is -3.34. The molecule has 5 heteroatoms. The average molecular weight is 362 g/mol. The summed E-state index contributed by atoms with van der Waals surface area (Å²) >= 11 is 0. The van der Waals surface area contributed by atoms with Gasteiger partial charge in [0.05, 0.1) is 17.6 Å². The number of nitrogens with zero attached hydrogens (tertiary/aromatic N) is 1. The minimum Gasteiger partial charge on any atom is -0.490 e. The average Bonchev–Trinajstić information content (AvgIpc) is 3.13. The zero-order chi connectivity index (χ0) is 18.6. The molecule has 3 aromatic carbocycles. The van der Waals surface area contributed by atoms with Crippen molar-refractivity contribution in [3.63, 3.8) is 0 Å². The highest BCUT2D eigenvalue weighted by molar-refractivity contribution is 5.79. The van der Waals surface area contributed by atoms with E-state index in [4.69, 9.17) is 9.47 Å². The summed E-state index contributed by atoms with van der Waals surface area (Å²) in [6.07, 6.45) is 0. The van der Waals surface area contributed by atoms with Crippen molar-refractivity contribution >= 4 is 11.0 Å². The van der Waals surface area contributed by atoms with E-state index in [1.807, 2.05) is 49.4 Å². The van der Waals surface area contributed by atoms with E-state index in [1.54, 1.807) is 12.1 Å². The lowest BCUT2D eigenvalue weighted by molar-refractivity contribution is 0.269. The van der Waals surface area contributed by atoms with Crippen LogP contribution in [0.2, 0.25) is 0 Å². The number of rotatable bonds is 6. The third kappa shape index (κ3) is 3.77. The van der Waals surface area contributed by atoms with Crippen molar-refractivity contribution in [2.45, 2.75) is 13.5 Å². The molecule has 4 nitrogen and oxygen atoms in total. The van der Waals surface area contributed by atoms with Crippen molar-refractivity contribution in [2.75, 3.05) is 6.61 Å². The van der Waals surface area contributed by atoms with Crippen LogP contribution in [0.3, 0.4) is 0 Å².